The Hall–Kier alpha value is -3.63. The molecule has 2 aromatic carbocycles. The van der Waals surface area contributed by atoms with Crippen LogP contribution in [0.15, 0.2) is 47.7 Å². The Kier molecular flexibility index (Phi) is 5.96. The molecule has 0 radical (unpaired) electrons. The number of carbonyl (C=O) groups excluding carboxylic acids is 2. The molecule has 4 rings (SSSR count). The summed E-state index contributed by atoms with van der Waals surface area (Å²) < 4.78 is 6.14. The molecule has 4 atom stereocenters. The van der Waals surface area contributed by atoms with Crippen molar-refractivity contribution >= 4 is 28.6 Å². The number of guanidine groups is 1. The highest BCUT2D eigenvalue weighted by atomic mass is 16.7. The van der Waals surface area contributed by atoms with Crippen molar-refractivity contribution in [2.24, 2.45) is 23.5 Å². The molecule has 174 valence electrons. The van der Waals surface area contributed by atoms with Crippen LogP contribution in [-0.4, -0.2) is 46.6 Å². The van der Waals surface area contributed by atoms with Crippen LogP contribution in [0.4, 0.5) is 0 Å². The van der Waals surface area contributed by atoms with Gasteiger partial charge in [0.1, 0.15) is 18.1 Å². The molecule has 1 fully saturated rings. The van der Waals surface area contributed by atoms with Crippen LogP contribution in [0.25, 0.3) is 10.8 Å². The molecule has 2 aliphatic heterocycles. The third-order valence-corrected chi connectivity index (χ3v) is 6.44. The van der Waals surface area contributed by atoms with Crippen LogP contribution in [0.5, 0.6) is 5.75 Å². The molecule has 0 bridgehead atoms. The van der Waals surface area contributed by atoms with Crippen molar-refractivity contribution in [2.75, 3.05) is 6.61 Å². The maximum absolute atomic E-state index is 12.6. The summed E-state index contributed by atoms with van der Waals surface area (Å²) in [5, 5.41) is 22.0. The van der Waals surface area contributed by atoms with Crippen LogP contribution in [0, 0.1) is 17.2 Å². The molecular formula is C23H27N5O5. The first-order valence-electron chi connectivity index (χ1n) is 10.6. The Bertz CT molecular complexity index is 1160. The van der Waals surface area contributed by atoms with Crippen molar-refractivity contribution in [2.45, 2.75) is 32.5 Å². The van der Waals surface area contributed by atoms with E-state index in [-0.39, 0.29) is 36.1 Å². The van der Waals surface area contributed by atoms with Gasteiger partial charge in [-0.2, -0.15) is 5.90 Å². The summed E-state index contributed by atoms with van der Waals surface area (Å²) in [7, 11) is 0. The number of hydrogen-bond donors (Lipinski definition) is 5. The molecule has 10 nitrogen and oxygen atoms in total. The second kappa shape index (κ2) is 8.72. The van der Waals surface area contributed by atoms with E-state index in [1.54, 1.807) is 6.92 Å². The van der Waals surface area contributed by atoms with Crippen LogP contribution in [-0.2, 0) is 21.0 Å². The molecule has 2 aromatic rings. The second-order valence-corrected chi connectivity index (χ2v) is 8.36. The lowest BCUT2D eigenvalue weighted by Crippen LogP contribution is -2.63. The Morgan fingerprint density at radius 3 is 2.64 bits per heavy atom. The standard InChI is InChI=1S/C23H27N5O5/c1-11-16(20(22(31)33-26)28-19(11)18(12(2)29)21(28)30)10-32-17-8-4-6-14-13(9-27-23(24)25)5-3-7-15(14)17/h3-8,11-12,18-19,29H,9-10,26H2,1-2H3,(H4,24,25,27)/t11-,12+,18+,19+/m0/s1. The van der Waals surface area contributed by atoms with Crippen molar-refractivity contribution < 1.29 is 24.3 Å². The summed E-state index contributed by atoms with van der Waals surface area (Å²) in [5.74, 6) is 3.67. The van der Waals surface area contributed by atoms with Gasteiger partial charge in [-0.25, -0.2) is 4.79 Å². The van der Waals surface area contributed by atoms with Gasteiger partial charge in [-0.15, -0.1) is 0 Å². The molecule has 0 aromatic heterocycles. The van der Waals surface area contributed by atoms with E-state index in [1.807, 2.05) is 43.3 Å². The number of amides is 1. The van der Waals surface area contributed by atoms with Crippen molar-refractivity contribution in [1.82, 2.24) is 10.2 Å². The molecule has 0 spiro atoms. The highest BCUT2D eigenvalue weighted by Gasteiger charge is 2.60. The zero-order chi connectivity index (χ0) is 23.9. The number of nitrogens with zero attached hydrogens (tertiary/aromatic N) is 1. The average Bonchev–Trinajstić information content (AvgIpc) is 3.03. The van der Waals surface area contributed by atoms with Gasteiger partial charge in [0.2, 0.25) is 5.91 Å². The zero-order valence-electron chi connectivity index (χ0n) is 18.4. The second-order valence-electron chi connectivity index (χ2n) is 8.36. The van der Waals surface area contributed by atoms with Crippen molar-refractivity contribution in [3.05, 3.63) is 53.2 Å². The van der Waals surface area contributed by atoms with Crippen LogP contribution in [0.3, 0.4) is 0 Å². The number of ether oxygens (including phenoxy) is 1. The largest absolute Gasteiger partial charge is 0.488 e. The molecule has 2 heterocycles. The predicted molar refractivity (Wildman–Crippen MR) is 120 cm³/mol. The highest BCUT2D eigenvalue weighted by Crippen LogP contribution is 2.47. The molecule has 1 saturated heterocycles. The Balaban J connectivity index is 1.64. The highest BCUT2D eigenvalue weighted by molar-refractivity contribution is 6.00. The smallest absolute Gasteiger partial charge is 0.373 e. The molecule has 33 heavy (non-hydrogen) atoms. The van der Waals surface area contributed by atoms with Crippen LogP contribution in [0.2, 0.25) is 0 Å². The van der Waals surface area contributed by atoms with E-state index in [4.69, 9.17) is 21.8 Å². The fourth-order valence-electron chi connectivity index (χ4n) is 4.85. The van der Waals surface area contributed by atoms with Crippen LogP contribution < -0.4 is 21.7 Å². The summed E-state index contributed by atoms with van der Waals surface area (Å²) in [5.41, 5.74) is 7.04. The minimum atomic E-state index is -0.836. The molecule has 7 N–H and O–H groups in total. The number of carbonyl (C=O) groups is 2. The molecular weight excluding hydrogens is 426 g/mol. The maximum atomic E-state index is 12.6. The van der Waals surface area contributed by atoms with Gasteiger partial charge in [-0.05, 0) is 23.9 Å². The van der Waals surface area contributed by atoms with Gasteiger partial charge in [-0.1, -0.05) is 37.3 Å². The Morgan fingerprint density at radius 1 is 1.27 bits per heavy atom. The molecule has 2 aliphatic rings. The van der Waals surface area contributed by atoms with Crippen molar-refractivity contribution in [1.29, 1.82) is 5.41 Å². The summed E-state index contributed by atoms with van der Waals surface area (Å²) in [4.78, 5) is 30.9. The molecule has 0 aliphatic carbocycles. The minimum absolute atomic E-state index is 0.0491. The summed E-state index contributed by atoms with van der Waals surface area (Å²) in [6.45, 7) is 3.90. The first kappa shape index (κ1) is 22.6. The van der Waals surface area contributed by atoms with Gasteiger partial charge in [0.25, 0.3) is 0 Å². The fourth-order valence-corrected chi connectivity index (χ4v) is 4.85. The van der Waals surface area contributed by atoms with E-state index in [0.717, 1.165) is 16.3 Å². The lowest BCUT2D eigenvalue weighted by molar-refractivity contribution is -0.164. The van der Waals surface area contributed by atoms with Crippen LogP contribution in [0.1, 0.15) is 19.4 Å². The van der Waals surface area contributed by atoms with E-state index >= 15 is 0 Å². The summed E-state index contributed by atoms with van der Waals surface area (Å²) >= 11 is 0. The van der Waals surface area contributed by atoms with Gasteiger partial charge in [0, 0.05) is 23.4 Å². The number of nitrogens with two attached hydrogens (primary N) is 2. The van der Waals surface area contributed by atoms with Crippen LogP contribution >= 0.6 is 0 Å². The van der Waals surface area contributed by atoms with Gasteiger partial charge in [0.15, 0.2) is 5.96 Å². The van der Waals surface area contributed by atoms with E-state index in [9.17, 15) is 14.7 Å². The first-order chi connectivity index (χ1) is 15.8. The maximum Gasteiger partial charge on any atom is 0.373 e. The molecule has 1 amide bonds. The molecule has 0 saturated carbocycles. The summed E-state index contributed by atoms with van der Waals surface area (Å²) in [6.07, 6.45) is -0.836. The van der Waals surface area contributed by atoms with Crippen molar-refractivity contribution in [3.8, 4) is 5.75 Å². The number of nitrogens with one attached hydrogen (secondary N) is 2. The number of aliphatic hydroxyl groups excluding tert-OH is 1. The van der Waals surface area contributed by atoms with E-state index in [2.05, 4.69) is 10.2 Å². The zero-order valence-corrected chi connectivity index (χ0v) is 18.4. The van der Waals surface area contributed by atoms with Crippen molar-refractivity contribution in [3.63, 3.8) is 0 Å². The normalized spacial score (nSPS) is 22.6. The lowest BCUT2D eigenvalue weighted by Gasteiger charge is -2.46. The first-order valence-corrected chi connectivity index (χ1v) is 10.6. The van der Waals surface area contributed by atoms with E-state index in [0.29, 0.717) is 17.9 Å². The third kappa shape index (κ3) is 3.77. The lowest BCUT2D eigenvalue weighted by atomic mass is 9.78. The van der Waals surface area contributed by atoms with E-state index < -0.39 is 18.0 Å². The number of fused-ring (bicyclic) bond motifs is 2. The number of rotatable bonds is 7. The quantitative estimate of drug-likeness (QED) is 0.177. The van der Waals surface area contributed by atoms with E-state index in [1.165, 1.54) is 4.90 Å². The third-order valence-electron chi connectivity index (χ3n) is 6.44. The average molecular weight is 453 g/mol. The molecule has 10 heteroatoms. The molecule has 0 unspecified atom stereocenters. The summed E-state index contributed by atoms with van der Waals surface area (Å²) in [6, 6.07) is 11.0. The number of β-lactam (4-membered cyclic amide) rings is 1. The number of benzene rings is 2. The fraction of sp³-hybridized carbons (Fsp3) is 0.348. The number of aliphatic hydroxyl groups is 1. The predicted octanol–water partition coefficient (Wildman–Crippen LogP) is 0.730. The Labute approximate surface area is 190 Å². The van der Waals surface area contributed by atoms with Gasteiger partial charge in [-0.3, -0.25) is 10.2 Å². The van der Waals surface area contributed by atoms with Gasteiger partial charge >= 0.3 is 5.97 Å². The minimum Gasteiger partial charge on any atom is -0.488 e. The SMILES string of the molecule is C[C@@H](O)[C@H]1C(=O)N2C(C(=O)ON)=C(COc3cccc4c(CNC(=N)N)cccc34)[C@H](C)[C@H]12. The van der Waals surface area contributed by atoms with Gasteiger partial charge in [0.05, 0.1) is 18.1 Å². The Morgan fingerprint density at radius 2 is 1.97 bits per heavy atom. The topological polar surface area (TPSA) is 164 Å². The van der Waals surface area contributed by atoms with Gasteiger partial charge < -0.3 is 30.6 Å². The number of hydrogen-bond acceptors (Lipinski definition) is 7. The monoisotopic (exact) mass is 453 g/mol.